The van der Waals surface area contributed by atoms with Crippen molar-refractivity contribution in [1.82, 2.24) is 0 Å². The van der Waals surface area contributed by atoms with Gasteiger partial charge in [0.05, 0.1) is 0 Å². The number of fused-ring (bicyclic) bond motifs is 5. The number of benzene rings is 8. The molecule has 0 aromatic heterocycles. The van der Waals surface area contributed by atoms with Crippen LogP contribution in [0.3, 0.4) is 0 Å². The average Bonchev–Trinajstić information content (AvgIpc) is 3.37. The van der Waals surface area contributed by atoms with Crippen molar-refractivity contribution in [3.05, 3.63) is 187 Å². The lowest BCUT2D eigenvalue weighted by Crippen LogP contribution is -2.16. The summed E-state index contributed by atoms with van der Waals surface area (Å²) in [6.07, 6.45) is 0. The topological polar surface area (TPSA) is 3.24 Å². The van der Waals surface area contributed by atoms with Gasteiger partial charge in [-0.2, -0.15) is 0 Å². The first-order valence-electron chi connectivity index (χ1n) is 16.8. The Balaban J connectivity index is 1.10. The predicted octanol–water partition coefficient (Wildman–Crippen LogP) is 13.1. The second-order valence-corrected chi connectivity index (χ2v) is 13.5. The van der Waals surface area contributed by atoms with Gasteiger partial charge in [0.15, 0.2) is 0 Å². The second kappa shape index (κ2) is 11.1. The van der Waals surface area contributed by atoms with Crippen molar-refractivity contribution in [2.24, 2.45) is 0 Å². The minimum atomic E-state index is -0.143. The molecule has 0 amide bonds. The molecule has 0 aliphatic heterocycles. The average molecular weight is 614 g/mol. The summed E-state index contributed by atoms with van der Waals surface area (Å²) in [7, 11) is 0. The molecule has 1 aliphatic carbocycles. The smallest absolute Gasteiger partial charge is 0.0465 e. The van der Waals surface area contributed by atoms with Crippen LogP contribution in [0, 0.1) is 0 Å². The maximum absolute atomic E-state index is 2.42. The summed E-state index contributed by atoms with van der Waals surface area (Å²) in [5.41, 5.74) is 13.7. The van der Waals surface area contributed by atoms with Gasteiger partial charge in [-0.15, -0.1) is 0 Å². The Bertz CT molecular complexity index is 2470. The Kier molecular flexibility index (Phi) is 6.55. The van der Waals surface area contributed by atoms with Crippen LogP contribution in [0.1, 0.15) is 25.0 Å². The van der Waals surface area contributed by atoms with Crippen molar-refractivity contribution in [1.29, 1.82) is 0 Å². The predicted molar refractivity (Wildman–Crippen MR) is 205 cm³/mol. The van der Waals surface area contributed by atoms with Crippen molar-refractivity contribution in [2.75, 3.05) is 4.90 Å². The number of hydrogen-bond donors (Lipinski definition) is 0. The van der Waals surface area contributed by atoms with Crippen LogP contribution in [0.2, 0.25) is 0 Å². The third kappa shape index (κ3) is 4.70. The quantitative estimate of drug-likeness (QED) is 0.187. The van der Waals surface area contributed by atoms with Gasteiger partial charge in [-0.1, -0.05) is 135 Å². The maximum Gasteiger partial charge on any atom is 0.0465 e. The van der Waals surface area contributed by atoms with E-state index in [0.29, 0.717) is 0 Å². The van der Waals surface area contributed by atoms with Crippen molar-refractivity contribution in [3.8, 4) is 33.4 Å². The van der Waals surface area contributed by atoms with Crippen LogP contribution in [0.25, 0.3) is 54.9 Å². The Morgan fingerprint density at radius 2 is 0.771 bits per heavy atom. The molecule has 0 saturated heterocycles. The van der Waals surface area contributed by atoms with Crippen LogP contribution < -0.4 is 4.90 Å². The summed E-state index contributed by atoms with van der Waals surface area (Å²) in [5.74, 6) is 0. The standard InChI is InChI=1S/C47H35N/c1-47(2)45-30-39(38-19-17-33-11-7-9-13-36(33)29-38)22-26-43(45)44-27-25-42(31-46(44)47)48(40-14-4-3-5-15-40)41-23-20-34(21-24-41)37-18-16-32-10-6-8-12-35(32)28-37/h3-31H,1-2H3. The number of nitrogens with zero attached hydrogens (tertiary/aromatic N) is 1. The zero-order valence-corrected chi connectivity index (χ0v) is 27.2. The highest BCUT2D eigenvalue weighted by molar-refractivity contribution is 5.91. The number of anilines is 3. The fourth-order valence-corrected chi connectivity index (χ4v) is 7.61. The molecule has 0 N–H and O–H groups in total. The van der Waals surface area contributed by atoms with Crippen molar-refractivity contribution in [3.63, 3.8) is 0 Å². The van der Waals surface area contributed by atoms with Gasteiger partial charge >= 0.3 is 0 Å². The minimum absolute atomic E-state index is 0.143. The molecule has 0 spiro atoms. The molecule has 9 rings (SSSR count). The summed E-state index contributed by atoms with van der Waals surface area (Å²) >= 11 is 0. The lowest BCUT2D eigenvalue weighted by atomic mass is 9.81. The van der Waals surface area contributed by atoms with Gasteiger partial charge in [0.2, 0.25) is 0 Å². The monoisotopic (exact) mass is 613 g/mol. The normalized spacial score (nSPS) is 13.0. The van der Waals surface area contributed by atoms with Crippen LogP contribution in [0.15, 0.2) is 176 Å². The van der Waals surface area contributed by atoms with E-state index < -0.39 is 0 Å². The van der Waals surface area contributed by atoms with E-state index in [2.05, 4.69) is 195 Å². The fraction of sp³-hybridized carbons (Fsp3) is 0.0638. The summed E-state index contributed by atoms with van der Waals surface area (Å²) in [5, 5.41) is 5.07. The van der Waals surface area contributed by atoms with E-state index >= 15 is 0 Å². The number of para-hydroxylation sites is 1. The molecule has 0 radical (unpaired) electrons. The molecule has 1 nitrogen and oxygen atoms in total. The fourth-order valence-electron chi connectivity index (χ4n) is 7.61. The Hall–Kier alpha value is -5.92. The van der Waals surface area contributed by atoms with E-state index in [9.17, 15) is 0 Å². The second-order valence-electron chi connectivity index (χ2n) is 13.5. The summed E-state index contributed by atoms with van der Waals surface area (Å²) < 4.78 is 0. The largest absolute Gasteiger partial charge is 0.310 e. The third-order valence-corrected chi connectivity index (χ3v) is 10.2. The lowest BCUT2D eigenvalue weighted by molar-refractivity contribution is 0.660. The number of rotatable bonds is 5. The zero-order valence-electron chi connectivity index (χ0n) is 27.2. The molecule has 8 aromatic rings. The van der Waals surface area contributed by atoms with Gasteiger partial charge in [0, 0.05) is 22.5 Å². The van der Waals surface area contributed by atoms with Gasteiger partial charge in [0.1, 0.15) is 0 Å². The molecule has 8 aromatic carbocycles. The zero-order chi connectivity index (χ0) is 32.2. The van der Waals surface area contributed by atoms with E-state index in [1.165, 1.54) is 66.1 Å². The van der Waals surface area contributed by atoms with E-state index in [4.69, 9.17) is 0 Å². The molecule has 0 atom stereocenters. The van der Waals surface area contributed by atoms with Gasteiger partial charge in [-0.25, -0.2) is 0 Å². The van der Waals surface area contributed by atoms with Crippen molar-refractivity contribution in [2.45, 2.75) is 19.3 Å². The van der Waals surface area contributed by atoms with Crippen molar-refractivity contribution >= 4 is 38.6 Å². The molecule has 1 heteroatoms. The molecular weight excluding hydrogens is 579 g/mol. The Labute approximate surface area is 282 Å². The lowest BCUT2D eigenvalue weighted by Gasteiger charge is -2.28. The first-order chi connectivity index (χ1) is 23.5. The summed E-state index contributed by atoms with van der Waals surface area (Å²) in [4.78, 5) is 2.38. The maximum atomic E-state index is 2.42. The van der Waals surface area contributed by atoms with Gasteiger partial charge in [0.25, 0.3) is 0 Å². The van der Waals surface area contributed by atoms with Gasteiger partial charge in [-0.3, -0.25) is 0 Å². The molecule has 0 bridgehead atoms. The molecule has 228 valence electrons. The highest BCUT2D eigenvalue weighted by atomic mass is 15.1. The van der Waals surface area contributed by atoms with E-state index in [0.717, 1.165) is 17.1 Å². The summed E-state index contributed by atoms with van der Waals surface area (Å²) in [6, 6.07) is 64.4. The number of hydrogen-bond acceptors (Lipinski definition) is 1. The third-order valence-electron chi connectivity index (χ3n) is 10.2. The molecular formula is C47H35N. The highest BCUT2D eigenvalue weighted by Gasteiger charge is 2.36. The molecule has 0 saturated carbocycles. The minimum Gasteiger partial charge on any atom is -0.310 e. The molecule has 0 fully saturated rings. The molecule has 1 aliphatic rings. The van der Waals surface area contributed by atoms with E-state index in [1.54, 1.807) is 0 Å². The van der Waals surface area contributed by atoms with Crippen LogP contribution in [0.5, 0.6) is 0 Å². The van der Waals surface area contributed by atoms with Gasteiger partial charge < -0.3 is 4.90 Å². The summed E-state index contributed by atoms with van der Waals surface area (Å²) in [6.45, 7) is 4.74. The highest BCUT2D eigenvalue weighted by Crippen LogP contribution is 2.51. The van der Waals surface area contributed by atoms with Gasteiger partial charge in [-0.05, 0) is 121 Å². The van der Waals surface area contributed by atoms with Crippen LogP contribution in [0.4, 0.5) is 17.1 Å². The molecule has 48 heavy (non-hydrogen) atoms. The van der Waals surface area contributed by atoms with Crippen LogP contribution >= 0.6 is 0 Å². The molecule has 0 unspecified atom stereocenters. The Morgan fingerprint density at radius 1 is 0.333 bits per heavy atom. The first kappa shape index (κ1) is 28.3. The van der Waals surface area contributed by atoms with E-state index in [-0.39, 0.29) is 5.41 Å². The first-order valence-corrected chi connectivity index (χ1v) is 16.8. The van der Waals surface area contributed by atoms with Crippen LogP contribution in [-0.2, 0) is 5.41 Å². The molecule has 0 heterocycles. The van der Waals surface area contributed by atoms with Crippen molar-refractivity contribution < 1.29 is 0 Å². The Morgan fingerprint density at radius 3 is 1.42 bits per heavy atom. The van der Waals surface area contributed by atoms with Crippen LogP contribution in [-0.4, -0.2) is 0 Å². The SMILES string of the molecule is CC1(C)c2cc(-c3ccc4ccccc4c3)ccc2-c2ccc(N(c3ccccc3)c3ccc(-c4ccc5ccccc5c4)cc3)cc21. The van der Waals surface area contributed by atoms with E-state index in [1.807, 2.05) is 0 Å².